The van der Waals surface area contributed by atoms with Crippen LogP contribution >= 0.6 is 0 Å². The lowest BCUT2D eigenvalue weighted by Crippen LogP contribution is -2.51. The first-order valence-electron chi connectivity index (χ1n) is 20.3. The monoisotopic (exact) mass is 1130 g/mol. The summed E-state index contributed by atoms with van der Waals surface area (Å²) in [4.78, 5) is -0.792. The molecule has 7 unspecified atom stereocenters. The molecular weight excluding hydrogens is 1080 g/mol. The van der Waals surface area contributed by atoms with Crippen molar-refractivity contribution in [3.05, 3.63) is 48.5 Å². The average molecular weight is 1130 g/mol. The highest BCUT2D eigenvalue weighted by atomic mass is 32.2. The van der Waals surface area contributed by atoms with Gasteiger partial charge < -0.3 is 42.6 Å². The molecule has 33 heteroatoms. The lowest BCUT2D eigenvalue weighted by Gasteiger charge is -2.30. The van der Waals surface area contributed by atoms with Crippen LogP contribution in [0.15, 0.2) is 58.3 Å². The molecule has 0 saturated carbocycles. The molecule has 2 aromatic rings. The minimum Gasteiger partial charge on any atom is -0.487 e. The van der Waals surface area contributed by atoms with Crippen molar-refractivity contribution >= 4 is 19.9 Å². The molecule has 0 aliphatic carbocycles. The van der Waals surface area contributed by atoms with Crippen LogP contribution in [0, 0.1) is 5.92 Å². The zero-order valence-corrected chi connectivity index (χ0v) is 39.5. The smallest absolute Gasteiger partial charge is 0.452 e. The summed E-state index contributed by atoms with van der Waals surface area (Å²) >= 11 is 0. The molecule has 1 N–H and O–H groups in total. The minimum atomic E-state index is -6.06. The van der Waals surface area contributed by atoms with E-state index in [-0.39, 0.29) is 37.9 Å². The second-order valence-corrected chi connectivity index (χ2v) is 19.3. The SMILES string of the molecule is COC(COC(F)(COc1ccc(S(=O)(=O)NC(C)COC(C)COCCOCC(C)CS(=O)(=O)c2ccc(OCC(F)(OCC(OCC(F)(F)F)C(F)(F)F)C(F)(F)F)cc2)cc1)C(F)(F)F)C(F)(F)F. The molecule has 0 aliphatic heterocycles. The van der Waals surface area contributed by atoms with Gasteiger partial charge in [0.1, 0.15) is 18.1 Å². The maximum atomic E-state index is 14.8. The molecule has 0 bridgehead atoms. The number of nitrogens with one attached hydrogen (secondary N) is 1. The van der Waals surface area contributed by atoms with Crippen LogP contribution in [0.4, 0.5) is 74.6 Å². The molecule has 0 heterocycles. The molecule has 0 radical (unpaired) electrons. The first kappa shape index (κ1) is 64.5. The lowest BCUT2D eigenvalue weighted by atomic mass is 10.2. The van der Waals surface area contributed by atoms with Crippen LogP contribution in [0.3, 0.4) is 0 Å². The molecule has 14 nitrogen and oxygen atoms in total. The Morgan fingerprint density at radius 1 is 0.528 bits per heavy atom. The highest BCUT2D eigenvalue weighted by Crippen LogP contribution is 2.39. The van der Waals surface area contributed by atoms with Gasteiger partial charge in [-0.25, -0.2) is 21.6 Å². The van der Waals surface area contributed by atoms with E-state index in [1.807, 2.05) is 0 Å². The molecule has 0 saturated heterocycles. The van der Waals surface area contributed by atoms with Crippen LogP contribution in [0.5, 0.6) is 11.5 Å². The largest absolute Gasteiger partial charge is 0.487 e. The van der Waals surface area contributed by atoms with Gasteiger partial charge in [-0.2, -0.15) is 74.6 Å². The van der Waals surface area contributed by atoms with Gasteiger partial charge in [0.05, 0.1) is 67.9 Å². The molecule has 2 aromatic carbocycles. The number of halogens is 17. The summed E-state index contributed by atoms with van der Waals surface area (Å²) in [7, 11) is -7.85. The average Bonchev–Trinajstić information content (AvgIpc) is 3.23. The van der Waals surface area contributed by atoms with Crippen molar-refractivity contribution in [2.45, 2.75) is 97.5 Å². The molecule has 72 heavy (non-hydrogen) atoms. The maximum Gasteiger partial charge on any atom is 0.452 e. The first-order chi connectivity index (χ1) is 32.7. The molecule has 7 atom stereocenters. The summed E-state index contributed by atoms with van der Waals surface area (Å²) in [5, 5.41) is 0. The van der Waals surface area contributed by atoms with Gasteiger partial charge in [-0.15, -0.1) is 0 Å². The van der Waals surface area contributed by atoms with Crippen molar-refractivity contribution in [2.24, 2.45) is 5.92 Å². The zero-order valence-electron chi connectivity index (χ0n) is 37.8. The predicted octanol–water partition coefficient (Wildman–Crippen LogP) is 8.24. The van der Waals surface area contributed by atoms with Gasteiger partial charge in [-0.1, -0.05) is 6.92 Å². The van der Waals surface area contributed by atoms with Crippen molar-refractivity contribution < 1.29 is 134 Å². The van der Waals surface area contributed by atoms with Gasteiger partial charge in [0, 0.05) is 13.2 Å². The Kier molecular flexibility index (Phi) is 23.5. The van der Waals surface area contributed by atoms with Crippen molar-refractivity contribution in [1.29, 1.82) is 0 Å². The number of sulfonamides is 1. The number of hydrogen-bond donors (Lipinski definition) is 1. The van der Waals surface area contributed by atoms with E-state index in [0.717, 1.165) is 48.5 Å². The molecule has 0 amide bonds. The van der Waals surface area contributed by atoms with Crippen molar-refractivity contribution in [2.75, 3.05) is 78.9 Å². The predicted molar refractivity (Wildman–Crippen MR) is 212 cm³/mol. The third-order valence-corrected chi connectivity index (χ3v) is 12.6. The maximum absolute atomic E-state index is 14.8. The molecule has 0 aliphatic rings. The van der Waals surface area contributed by atoms with E-state index in [4.69, 9.17) is 18.9 Å². The normalized spacial score (nSPS) is 17.3. The fourth-order valence-corrected chi connectivity index (χ4v) is 8.08. The Balaban J connectivity index is 1.78. The molecule has 0 spiro atoms. The summed E-state index contributed by atoms with van der Waals surface area (Å²) in [6.45, 7) is -6.79. The molecular formula is C39H48F17NO13S2. The number of alkyl halides is 17. The van der Waals surface area contributed by atoms with E-state index in [0.29, 0.717) is 7.11 Å². The highest BCUT2D eigenvalue weighted by Gasteiger charge is 2.61. The van der Waals surface area contributed by atoms with Gasteiger partial charge in [-0.3, -0.25) is 0 Å². The van der Waals surface area contributed by atoms with Crippen molar-refractivity contribution in [3.8, 4) is 11.5 Å². The number of methoxy groups -OCH3 is 1. The Morgan fingerprint density at radius 3 is 1.38 bits per heavy atom. The Morgan fingerprint density at radius 2 is 0.958 bits per heavy atom. The van der Waals surface area contributed by atoms with Gasteiger partial charge in [0.15, 0.2) is 35.3 Å². The van der Waals surface area contributed by atoms with Crippen molar-refractivity contribution in [3.63, 3.8) is 0 Å². The standard InChI is InChI=1S/C39H48F17NO13S2/c1-24(20-71(58,59)29-9-5-27(6-10-29)66-22-34(41,39(54,55)56)70-19-32(37(48,49)50)68-23-35(42,43)44)15-63-13-14-64-17-26(3)65-16-25(2)57-72(60,61)30-11-7-28(8-12-30)67-21-33(40,38(51,52)53)69-18-31(62-4)36(45,46)47/h5-12,24-26,31-32,57H,13-23H2,1-4H3. The quantitative estimate of drug-likeness (QED) is 0.0568. The Labute approximate surface area is 400 Å². The molecule has 2 rings (SSSR count). The van der Waals surface area contributed by atoms with Crippen LogP contribution in [0.25, 0.3) is 0 Å². The van der Waals surface area contributed by atoms with Crippen LogP contribution in [0.1, 0.15) is 20.8 Å². The summed E-state index contributed by atoms with van der Waals surface area (Å²) < 4.78 is 319. The van der Waals surface area contributed by atoms with Gasteiger partial charge in [0.25, 0.3) is 0 Å². The van der Waals surface area contributed by atoms with Crippen LogP contribution in [-0.4, -0.2) is 163 Å². The summed E-state index contributed by atoms with van der Waals surface area (Å²) in [5.74, 6) is -12.0. The fourth-order valence-electron chi connectivity index (χ4n) is 5.26. The summed E-state index contributed by atoms with van der Waals surface area (Å²) in [6, 6.07) is 5.94. The van der Waals surface area contributed by atoms with Gasteiger partial charge in [-0.05, 0) is 68.3 Å². The summed E-state index contributed by atoms with van der Waals surface area (Å²) in [5.41, 5.74) is 0. The van der Waals surface area contributed by atoms with Crippen LogP contribution in [0.2, 0.25) is 0 Å². The Hall–Kier alpha value is -3.57. The third kappa shape index (κ3) is 21.7. The second kappa shape index (κ2) is 26.3. The third-order valence-electron chi connectivity index (χ3n) is 9.02. The number of benzene rings is 2. The van der Waals surface area contributed by atoms with E-state index >= 15 is 0 Å². The number of ether oxygens (including phenoxy) is 9. The number of sulfone groups is 1. The second-order valence-electron chi connectivity index (χ2n) is 15.5. The van der Waals surface area contributed by atoms with E-state index < -0.39 is 148 Å². The first-order valence-corrected chi connectivity index (χ1v) is 23.5. The van der Waals surface area contributed by atoms with Crippen LogP contribution < -0.4 is 14.2 Å². The van der Waals surface area contributed by atoms with E-state index in [9.17, 15) is 91.5 Å². The molecule has 0 aromatic heterocycles. The summed E-state index contributed by atoms with van der Waals surface area (Å²) in [6.07, 6.45) is -35.2. The number of hydrogen-bond acceptors (Lipinski definition) is 13. The Bertz CT molecular complexity index is 2150. The van der Waals surface area contributed by atoms with E-state index in [1.54, 1.807) is 6.92 Å². The molecule has 418 valence electrons. The highest BCUT2D eigenvalue weighted by molar-refractivity contribution is 7.91. The van der Waals surface area contributed by atoms with Crippen molar-refractivity contribution in [1.82, 2.24) is 4.72 Å². The van der Waals surface area contributed by atoms with Gasteiger partial charge >= 0.3 is 42.6 Å². The fraction of sp³-hybridized carbons (Fsp3) is 0.692. The lowest BCUT2D eigenvalue weighted by molar-refractivity contribution is -0.355. The topological polar surface area (TPSA) is 163 Å². The minimum absolute atomic E-state index is 0.0211. The van der Waals surface area contributed by atoms with Gasteiger partial charge in [0.2, 0.25) is 10.0 Å². The molecule has 0 fully saturated rings. The van der Waals surface area contributed by atoms with E-state index in [1.165, 1.54) is 13.8 Å². The van der Waals surface area contributed by atoms with Crippen LogP contribution in [-0.2, 0) is 53.0 Å². The number of rotatable bonds is 31. The van der Waals surface area contributed by atoms with E-state index in [2.05, 4.69) is 28.4 Å². The zero-order chi connectivity index (χ0) is 55.2.